The normalized spacial score (nSPS) is 10.5. The topological polar surface area (TPSA) is 78.9 Å². The molecule has 1 amide bonds. The SMILES string of the molecule is Cc1cccc2oc(-c3ccc(NC(=O)c4cccc(C#N)c4)cc3)nc12. The zero-order chi connectivity index (χ0) is 18.8. The molecule has 1 heterocycles. The number of oxazole rings is 1. The third-order valence-electron chi connectivity index (χ3n) is 4.26. The van der Waals surface area contributed by atoms with E-state index < -0.39 is 0 Å². The van der Waals surface area contributed by atoms with E-state index in [-0.39, 0.29) is 5.91 Å². The van der Waals surface area contributed by atoms with Crippen LogP contribution in [0.15, 0.2) is 71.1 Å². The van der Waals surface area contributed by atoms with E-state index in [4.69, 9.17) is 9.68 Å². The molecule has 4 aromatic rings. The van der Waals surface area contributed by atoms with Crippen LogP contribution in [-0.2, 0) is 0 Å². The number of carbonyl (C=O) groups excluding carboxylic acids is 1. The first-order valence-electron chi connectivity index (χ1n) is 8.42. The zero-order valence-corrected chi connectivity index (χ0v) is 14.6. The van der Waals surface area contributed by atoms with Crippen molar-refractivity contribution < 1.29 is 9.21 Å². The predicted octanol–water partition coefficient (Wildman–Crippen LogP) is 4.93. The van der Waals surface area contributed by atoms with Gasteiger partial charge in [0.1, 0.15) is 5.52 Å². The number of rotatable bonds is 3. The third-order valence-corrected chi connectivity index (χ3v) is 4.26. The minimum atomic E-state index is -0.266. The first kappa shape index (κ1) is 16.6. The minimum absolute atomic E-state index is 0.266. The quantitative estimate of drug-likeness (QED) is 0.566. The smallest absolute Gasteiger partial charge is 0.255 e. The lowest BCUT2D eigenvalue weighted by molar-refractivity contribution is 0.102. The van der Waals surface area contributed by atoms with Crippen molar-refractivity contribution in [2.45, 2.75) is 6.92 Å². The number of nitrogens with one attached hydrogen (secondary N) is 1. The van der Waals surface area contributed by atoms with E-state index in [1.807, 2.05) is 43.3 Å². The summed E-state index contributed by atoms with van der Waals surface area (Å²) in [7, 11) is 0. The van der Waals surface area contributed by atoms with Crippen LogP contribution in [0.1, 0.15) is 21.5 Å². The highest BCUT2D eigenvalue weighted by Crippen LogP contribution is 2.27. The minimum Gasteiger partial charge on any atom is -0.436 e. The number of nitriles is 1. The van der Waals surface area contributed by atoms with Crippen molar-refractivity contribution in [3.63, 3.8) is 0 Å². The molecule has 0 aliphatic carbocycles. The molecule has 0 fully saturated rings. The molecule has 0 aliphatic rings. The summed E-state index contributed by atoms with van der Waals surface area (Å²) in [5, 5.41) is 11.8. The molecule has 0 spiro atoms. The van der Waals surface area contributed by atoms with Crippen molar-refractivity contribution in [3.8, 4) is 17.5 Å². The van der Waals surface area contributed by atoms with Gasteiger partial charge in [0.2, 0.25) is 5.89 Å². The highest BCUT2D eigenvalue weighted by molar-refractivity contribution is 6.04. The van der Waals surface area contributed by atoms with Gasteiger partial charge in [-0.2, -0.15) is 5.26 Å². The van der Waals surface area contributed by atoms with Crippen LogP contribution in [0.25, 0.3) is 22.6 Å². The van der Waals surface area contributed by atoms with E-state index >= 15 is 0 Å². The number of aromatic nitrogens is 1. The van der Waals surface area contributed by atoms with Crippen molar-refractivity contribution in [3.05, 3.63) is 83.4 Å². The maximum atomic E-state index is 12.3. The van der Waals surface area contributed by atoms with Gasteiger partial charge in [0, 0.05) is 16.8 Å². The highest BCUT2D eigenvalue weighted by atomic mass is 16.3. The second-order valence-corrected chi connectivity index (χ2v) is 6.16. The number of hydrogen-bond donors (Lipinski definition) is 1. The summed E-state index contributed by atoms with van der Waals surface area (Å²) in [5.74, 6) is 0.274. The molecule has 5 nitrogen and oxygen atoms in total. The van der Waals surface area contributed by atoms with Gasteiger partial charge in [-0.05, 0) is 61.0 Å². The van der Waals surface area contributed by atoms with Gasteiger partial charge in [0.25, 0.3) is 5.91 Å². The Bertz CT molecular complexity index is 1180. The second kappa shape index (κ2) is 6.77. The maximum absolute atomic E-state index is 12.3. The molecule has 0 bridgehead atoms. The van der Waals surface area contributed by atoms with Crippen LogP contribution in [0.5, 0.6) is 0 Å². The number of anilines is 1. The lowest BCUT2D eigenvalue weighted by Gasteiger charge is -2.06. The highest BCUT2D eigenvalue weighted by Gasteiger charge is 2.11. The van der Waals surface area contributed by atoms with Crippen molar-refractivity contribution in [1.82, 2.24) is 4.98 Å². The van der Waals surface area contributed by atoms with Crippen molar-refractivity contribution in [1.29, 1.82) is 5.26 Å². The van der Waals surface area contributed by atoms with Crippen LogP contribution in [0.4, 0.5) is 5.69 Å². The van der Waals surface area contributed by atoms with E-state index in [0.29, 0.717) is 22.7 Å². The molecule has 0 atom stereocenters. The summed E-state index contributed by atoms with van der Waals surface area (Å²) in [4.78, 5) is 16.9. The number of nitrogens with zero attached hydrogens (tertiary/aromatic N) is 2. The van der Waals surface area contributed by atoms with Gasteiger partial charge in [0.05, 0.1) is 11.6 Å². The predicted molar refractivity (Wildman–Crippen MR) is 103 cm³/mol. The van der Waals surface area contributed by atoms with Gasteiger partial charge in [-0.25, -0.2) is 4.98 Å². The van der Waals surface area contributed by atoms with Crippen LogP contribution in [0.3, 0.4) is 0 Å². The average molecular weight is 353 g/mol. The fraction of sp³-hybridized carbons (Fsp3) is 0.0455. The maximum Gasteiger partial charge on any atom is 0.255 e. The molecule has 0 unspecified atom stereocenters. The molecule has 4 rings (SSSR count). The third kappa shape index (κ3) is 3.29. The Labute approximate surface area is 155 Å². The first-order chi connectivity index (χ1) is 13.1. The fourth-order valence-corrected chi connectivity index (χ4v) is 2.84. The summed E-state index contributed by atoms with van der Waals surface area (Å²) in [6, 6.07) is 21.7. The molecular weight excluding hydrogens is 338 g/mol. The van der Waals surface area contributed by atoms with Crippen LogP contribution in [-0.4, -0.2) is 10.9 Å². The van der Waals surface area contributed by atoms with Crippen LogP contribution < -0.4 is 5.32 Å². The number of carbonyl (C=O) groups is 1. The summed E-state index contributed by atoms with van der Waals surface area (Å²) >= 11 is 0. The van der Waals surface area contributed by atoms with Crippen molar-refractivity contribution in [2.24, 2.45) is 0 Å². The van der Waals surface area contributed by atoms with E-state index in [1.54, 1.807) is 36.4 Å². The van der Waals surface area contributed by atoms with Gasteiger partial charge in [-0.15, -0.1) is 0 Å². The average Bonchev–Trinajstić information content (AvgIpc) is 3.14. The molecule has 0 aliphatic heterocycles. The molecule has 0 saturated carbocycles. The standard InChI is InChI=1S/C22H15N3O2/c1-14-4-2-7-19-20(14)25-22(27-19)16-8-10-18(11-9-16)24-21(26)17-6-3-5-15(12-17)13-23/h2-12H,1H3,(H,24,26). The Morgan fingerprint density at radius 1 is 1.07 bits per heavy atom. The lowest BCUT2D eigenvalue weighted by atomic mass is 10.1. The van der Waals surface area contributed by atoms with Crippen molar-refractivity contribution in [2.75, 3.05) is 5.32 Å². The Kier molecular flexibility index (Phi) is 4.15. The van der Waals surface area contributed by atoms with Crippen LogP contribution in [0, 0.1) is 18.3 Å². The molecule has 1 N–H and O–H groups in total. The second-order valence-electron chi connectivity index (χ2n) is 6.16. The molecule has 27 heavy (non-hydrogen) atoms. The van der Waals surface area contributed by atoms with Gasteiger partial charge in [0.15, 0.2) is 5.58 Å². The summed E-state index contributed by atoms with van der Waals surface area (Å²) < 4.78 is 5.82. The number of amides is 1. The Morgan fingerprint density at radius 2 is 1.85 bits per heavy atom. The van der Waals surface area contributed by atoms with Crippen molar-refractivity contribution >= 4 is 22.7 Å². The van der Waals surface area contributed by atoms with Gasteiger partial charge >= 0.3 is 0 Å². The summed E-state index contributed by atoms with van der Waals surface area (Å²) in [6.45, 7) is 1.99. The number of benzene rings is 3. The Hall–Kier alpha value is -3.91. The molecule has 1 aromatic heterocycles. The Balaban J connectivity index is 1.55. The molecule has 0 radical (unpaired) electrons. The lowest BCUT2D eigenvalue weighted by Crippen LogP contribution is -2.11. The summed E-state index contributed by atoms with van der Waals surface area (Å²) in [5.41, 5.74) is 5.03. The van der Waals surface area contributed by atoms with E-state index in [9.17, 15) is 4.79 Å². The zero-order valence-electron chi connectivity index (χ0n) is 14.6. The van der Waals surface area contributed by atoms with Gasteiger partial charge in [-0.1, -0.05) is 18.2 Å². The Morgan fingerprint density at radius 3 is 2.59 bits per heavy atom. The summed E-state index contributed by atoms with van der Waals surface area (Å²) in [6.07, 6.45) is 0. The van der Waals surface area contributed by atoms with E-state index in [2.05, 4.69) is 10.3 Å². The van der Waals surface area contributed by atoms with Gasteiger partial charge < -0.3 is 9.73 Å². The van der Waals surface area contributed by atoms with E-state index in [0.717, 1.165) is 22.2 Å². The number of para-hydroxylation sites is 1. The number of hydrogen-bond acceptors (Lipinski definition) is 4. The molecule has 5 heteroatoms. The largest absolute Gasteiger partial charge is 0.436 e. The fourth-order valence-electron chi connectivity index (χ4n) is 2.84. The van der Waals surface area contributed by atoms with E-state index in [1.165, 1.54) is 0 Å². The van der Waals surface area contributed by atoms with Crippen LogP contribution in [0.2, 0.25) is 0 Å². The molecule has 0 saturated heterocycles. The number of fused-ring (bicyclic) bond motifs is 1. The molecule has 3 aromatic carbocycles. The van der Waals surface area contributed by atoms with Gasteiger partial charge in [-0.3, -0.25) is 4.79 Å². The molecular formula is C22H15N3O2. The van der Waals surface area contributed by atoms with Crippen LogP contribution >= 0.6 is 0 Å². The first-order valence-corrected chi connectivity index (χ1v) is 8.42. The monoisotopic (exact) mass is 353 g/mol. The molecule has 130 valence electrons. The number of aryl methyl sites for hydroxylation is 1.